The number of imidazole rings is 1. The van der Waals surface area contributed by atoms with Gasteiger partial charge in [0.05, 0.1) is 17.8 Å². The molecule has 4 nitrogen and oxygen atoms in total. The quantitative estimate of drug-likeness (QED) is 0.873. The maximum Gasteiger partial charge on any atom is 0.307 e. The van der Waals surface area contributed by atoms with Crippen molar-refractivity contribution in [2.45, 2.75) is 12.3 Å². The van der Waals surface area contributed by atoms with Crippen molar-refractivity contribution in [3.05, 3.63) is 42.1 Å². The van der Waals surface area contributed by atoms with Crippen LogP contribution < -0.4 is 0 Å². The van der Waals surface area contributed by atoms with Crippen LogP contribution in [0.4, 0.5) is 4.39 Å². The second-order valence-corrected chi connectivity index (χ2v) is 4.45. The predicted octanol–water partition coefficient (Wildman–Crippen LogP) is 2.40. The average Bonchev–Trinajstić information content (AvgIpc) is 3.02. The Kier molecular flexibility index (Phi) is 2.40. The van der Waals surface area contributed by atoms with Gasteiger partial charge in [0.2, 0.25) is 0 Å². The van der Waals surface area contributed by atoms with E-state index in [4.69, 9.17) is 5.11 Å². The monoisotopic (exact) mass is 246 g/mol. The van der Waals surface area contributed by atoms with Crippen molar-refractivity contribution in [1.82, 2.24) is 9.97 Å². The number of hydrogen-bond acceptors (Lipinski definition) is 2. The maximum atomic E-state index is 13.6. The van der Waals surface area contributed by atoms with E-state index < -0.39 is 5.97 Å². The van der Waals surface area contributed by atoms with Crippen molar-refractivity contribution in [3.63, 3.8) is 0 Å². The summed E-state index contributed by atoms with van der Waals surface area (Å²) < 4.78 is 13.6. The van der Waals surface area contributed by atoms with Crippen molar-refractivity contribution in [2.24, 2.45) is 5.92 Å². The second kappa shape index (κ2) is 3.94. The number of rotatable bonds is 3. The number of benzene rings is 1. The van der Waals surface area contributed by atoms with E-state index >= 15 is 0 Å². The SMILES string of the molecule is O=C(O)C1CC1c1ncc(-c2ccccc2F)[nH]1. The first-order valence-corrected chi connectivity index (χ1v) is 5.69. The van der Waals surface area contributed by atoms with Crippen LogP contribution in [-0.4, -0.2) is 21.0 Å². The van der Waals surface area contributed by atoms with Gasteiger partial charge in [0.15, 0.2) is 0 Å². The summed E-state index contributed by atoms with van der Waals surface area (Å²) in [5.41, 5.74) is 1.03. The highest BCUT2D eigenvalue weighted by molar-refractivity contribution is 5.75. The first-order valence-electron chi connectivity index (χ1n) is 5.69. The topological polar surface area (TPSA) is 66.0 Å². The molecule has 2 atom stereocenters. The van der Waals surface area contributed by atoms with Crippen LogP contribution in [-0.2, 0) is 4.79 Å². The molecule has 2 N–H and O–H groups in total. The summed E-state index contributed by atoms with van der Waals surface area (Å²) in [6.07, 6.45) is 2.14. The zero-order valence-electron chi connectivity index (χ0n) is 9.43. The Balaban J connectivity index is 1.87. The summed E-state index contributed by atoms with van der Waals surface area (Å²) in [5.74, 6) is -0.921. The number of aromatic amines is 1. The zero-order valence-corrected chi connectivity index (χ0v) is 9.43. The molecule has 92 valence electrons. The summed E-state index contributed by atoms with van der Waals surface area (Å²) >= 11 is 0. The van der Waals surface area contributed by atoms with Gasteiger partial charge in [-0.15, -0.1) is 0 Å². The molecule has 0 aliphatic heterocycles. The first-order chi connectivity index (χ1) is 8.66. The molecule has 3 rings (SSSR count). The van der Waals surface area contributed by atoms with E-state index in [1.165, 1.54) is 6.07 Å². The third-order valence-electron chi connectivity index (χ3n) is 3.22. The van der Waals surface area contributed by atoms with E-state index in [-0.39, 0.29) is 17.7 Å². The summed E-state index contributed by atoms with van der Waals surface area (Å²) in [7, 11) is 0. The van der Waals surface area contributed by atoms with Crippen LogP contribution in [0.25, 0.3) is 11.3 Å². The van der Waals surface area contributed by atoms with Gasteiger partial charge in [-0.25, -0.2) is 9.37 Å². The number of nitrogens with zero attached hydrogens (tertiary/aromatic N) is 1. The normalized spacial score (nSPS) is 21.8. The molecular formula is C13H11FN2O2. The molecule has 0 bridgehead atoms. The Morgan fingerprint density at radius 2 is 2.22 bits per heavy atom. The van der Waals surface area contributed by atoms with E-state index in [9.17, 15) is 9.18 Å². The Morgan fingerprint density at radius 3 is 2.89 bits per heavy atom. The van der Waals surface area contributed by atoms with E-state index in [2.05, 4.69) is 9.97 Å². The van der Waals surface area contributed by atoms with Crippen LogP contribution >= 0.6 is 0 Å². The lowest BCUT2D eigenvalue weighted by atomic mass is 10.1. The van der Waals surface area contributed by atoms with Gasteiger partial charge in [0.25, 0.3) is 0 Å². The van der Waals surface area contributed by atoms with Gasteiger partial charge in [0, 0.05) is 11.5 Å². The van der Waals surface area contributed by atoms with Gasteiger partial charge >= 0.3 is 5.97 Å². The van der Waals surface area contributed by atoms with Gasteiger partial charge in [-0.05, 0) is 18.6 Å². The molecule has 0 radical (unpaired) electrons. The van der Waals surface area contributed by atoms with E-state index in [0.717, 1.165) is 0 Å². The number of aromatic nitrogens is 2. The highest BCUT2D eigenvalue weighted by Crippen LogP contribution is 2.46. The Labute approximate surface area is 102 Å². The van der Waals surface area contributed by atoms with Gasteiger partial charge in [0.1, 0.15) is 11.6 Å². The smallest absolute Gasteiger partial charge is 0.307 e. The van der Waals surface area contributed by atoms with Crippen LogP contribution in [0.2, 0.25) is 0 Å². The van der Waals surface area contributed by atoms with Crippen molar-refractivity contribution < 1.29 is 14.3 Å². The molecule has 1 saturated carbocycles. The molecule has 0 spiro atoms. The number of aliphatic carboxylic acids is 1. The highest BCUT2D eigenvalue weighted by atomic mass is 19.1. The summed E-state index contributed by atoms with van der Waals surface area (Å²) in [5, 5.41) is 8.85. The molecule has 1 aliphatic rings. The molecule has 1 aliphatic carbocycles. The fourth-order valence-corrected chi connectivity index (χ4v) is 2.11. The second-order valence-electron chi connectivity index (χ2n) is 4.45. The number of carbonyl (C=O) groups is 1. The van der Waals surface area contributed by atoms with Crippen LogP contribution in [0, 0.1) is 11.7 Å². The standard InChI is InChI=1S/C13H11FN2O2/c14-10-4-2-1-3-7(10)11-6-15-12(16-11)8-5-9(8)13(17)18/h1-4,6,8-9H,5H2,(H,15,16)(H,17,18). The summed E-state index contributed by atoms with van der Waals surface area (Å²) in [6.45, 7) is 0. The Bertz CT molecular complexity index is 609. The molecule has 2 aromatic rings. The number of halogens is 1. The maximum absolute atomic E-state index is 13.6. The third-order valence-corrected chi connectivity index (χ3v) is 3.22. The van der Waals surface area contributed by atoms with Gasteiger partial charge < -0.3 is 10.1 Å². The number of hydrogen-bond donors (Lipinski definition) is 2. The lowest BCUT2D eigenvalue weighted by Gasteiger charge is -1.98. The van der Waals surface area contributed by atoms with Crippen LogP contribution in [0.15, 0.2) is 30.5 Å². The minimum Gasteiger partial charge on any atom is -0.481 e. The summed E-state index contributed by atoms with van der Waals surface area (Å²) in [4.78, 5) is 17.9. The highest BCUT2D eigenvalue weighted by Gasteiger charge is 2.46. The minimum atomic E-state index is -0.802. The Hall–Kier alpha value is -2.17. The number of H-pyrrole nitrogens is 1. The molecule has 1 aromatic heterocycles. The number of carboxylic acids is 1. The molecule has 1 aromatic carbocycles. The van der Waals surface area contributed by atoms with Crippen molar-refractivity contribution >= 4 is 5.97 Å². The molecular weight excluding hydrogens is 235 g/mol. The van der Waals surface area contributed by atoms with Crippen molar-refractivity contribution in [2.75, 3.05) is 0 Å². The molecule has 1 fully saturated rings. The van der Waals surface area contributed by atoms with Crippen molar-refractivity contribution in [1.29, 1.82) is 0 Å². The van der Waals surface area contributed by atoms with E-state index in [1.54, 1.807) is 24.4 Å². The number of carboxylic acid groups (broad SMARTS) is 1. The third kappa shape index (κ3) is 1.77. The van der Waals surface area contributed by atoms with Crippen LogP contribution in [0.5, 0.6) is 0 Å². The van der Waals surface area contributed by atoms with Crippen molar-refractivity contribution in [3.8, 4) is 11.3 Å². The first kappa shape index (κ1) is 11.0. The van der Waals surface area contributed by atoms with E-state index in [1.807, 2.05) is 0 Å². The molecule has 0 amide bonds. The summed E-state index contributed by atoms with van der Waals surface area (Å²) in [6, 6.07) is 6.41. The molecule has 1 heterocycles. The molecule has 5 heteroatoms. The van der Waals surface area contributed by atoms with Crippen LogP contribution in [0.1, 0.15) is 18.2 Å². The van der Waals surface area contributed by atoms with Gasteiger partial charge in [-0.1, -0.05) is 12.1 Å². The molecule has 18 heavy (non-hydrogen) atoms. The average molecular weight is 246 g/mol. The van der Waals surface area contributed by atoms with Gasteiger partial charge in [-0.2, -0.15) is 0 Å². The number of nitrogens with one attached hydrogen (secondary N) is 1. The fourth-order valence-electron chi connectivity index (χ4n) is 2.11. The minimum absolute atomic E-state index is 0.0666. The van der Waals surface area contributed by atoms with E-state index in [0.29, 0.717) is 23.5 Å². The van der Waals surface area contributed by atoms with Crippen LogP contribution in [0.3, 0.4) is 0 Å². The zero-order chi connectivity index (χ0) is 12.7. The largest absolute Gasteiger partial charge is 0.481 e. The fraction of sp³-hybridized carbons (Fsp3) is 0.231. The van der Waals surface area contributed by atoms with Gasteiger partial charge in [-0.3, -0.25) is 4.79 Å². The lowest BCUT2D eigenvalue weighted by Crippen LogP contribution is -1.99. The molecule has 2 unspecified atom stereocenters. The lowest BCUT2D eigenvalue weighted by molar-refractivity contribution is -0.138. The Morgan fingerprint density at radius 1 is 1.44 bits per heavy atom. The predicted molar refractivity (Wildman–Crippen MR) is 62.5 cm³/mol. The molecule has 0 saturated heterocycles.